The van der Waals surface area contributed by atoms with E-state index in [0.717, 1.165) is 5.56 Å². The zero-order valence-corrected chi connectivity index (χ0v) is 14.9. The van der Waals surface area contributed by atoms with Crippen molar-refractivity contribution >= 4 is 10.0 Å². The summed E-state index contributed by atoms with van der Waals surface area (Å²) in [6.07, 6.45) is 2.82. The van der Waals surface area contributed by atoms with E-state index in [4.69, 9.17) is 0 Å². The van der Waals surface area contributed by atoms with E-state index in [-0.39, 0.29) is 24.4 Å². The van der Waals surface area contributed by atoms with Gasteiger partial charge in [0.2, 0.25) is 10.0 Å². The molecule has 0 radical (unpaired) electrons. The van der Waals surface area contributed by atoms with Crippen LogP contribution < -0.4 is 10.3 Å². The Morgan fingerprint density at radius 3 is 2.77 bits per heavy atom. The van der Waals surface area contributed by atoms with E-state index < -0.39 is 10.0 Å². The van der Waals surface area contributed by atoms with Crippen LogP contribution in [0.3, 0.4) is 0 Å². The van der Waals surface area contributed by atoms with E-state index in [1.54, 1.807) is 6.07 Å². The van der Waals surface area contributed by atoms with Crippen molar-refractivity contribution in [1.82, 2.24) is 29.3 Å². The molecule has 0 fully saturated rings. The summed E-state index contributed by atoms with van der Waals surface area (Å²) in [7, 11) is -3.51. The lowest BCUT2D eigenvalue weighted by Gasteiger charge is -2.09. The lowest BCUT2D eigenvalue weighted by Crippen LogP contribution is -2.33. The summed E-state index contributed by atoms with van der Waals surface area (Å²) in [4.78, 5) is 15.7. The molecule has 26 heavy (non-hydrogen) atoms. The van der Waals surface area contributed by atoms with Crippen LogP contribution in [0.25, 0.3) is 5.82 Å². The topological polar surface area (TPSA) is 112 Å². The number of benzene rings is 1. The van der Waals surface area contributed by atoms with E-state index in [2.05, 4.69) is 19.9 Å². The Morgan fingerprint density at radius 1 is 1.19 bits per heavy atom. The fraction of sp³-hybridized carbons (Fsp3) is 0.250. The van der Waals surface area contributed by atoms with Gasteiger partial charge in [-0.3, -0.25) is 4.79 Å². The maximum atomic E-state index is 12.2. The van der Waals surface area contributed by atoms with Gasteiger partial charge in [-0.25, -0.2) is 27.5 Å². The molecule has 0 amide bonds. The molecule has 0 saturated carbocycles. The number of nitrogens with one attached hydrogen (secondary N) is 1. The Balaban J connectivity index is 1.64. The molecule has 3 aromatic rings. The lowest BCUT2D eigenvalue weighted by molar-refractivity contribution is 0.541. The smallest absolute Gasteiger partial charge is 0.266 e. The van der Waals surface area contributed by atoms with Gasteiger partial charge in [-0.2, -0.15) is 5.10 Å². The lowest BCUT2D eigenvalue weighted by atomic mass is 10.2. The normalized spacial score (nSPS) is 11.6. The number of rotatable bonds is 7. The van der Waals surface area contributed by atoms with Crippen molar-refractivity contribution in [2.45, 2.75) is 19.2 Å². The fourth-order valence-electron chi connectivity index (χ4n) is 2.43. The molecule has 0 aliphatic rings. The van der Waals surface area contributed by atoms with Gasteiger partial charge in [0.05, 0.1) is 12.3 Å². The first kappa shape index (κ1) is 18.0. The third kappa shape index (κ3) is 4.61. The molecular weight excluding hydrogens is 356 g/mol. The molecule has 0 unspecified atom stereocenters. The number of nitrogens with zero attached hydrogens (tertiary/aromatic N) is 5. The van der Waals surface area contributed by atoms with Gasteiger partial charge in [-0.15, -0.1) is 5.10 Å². The quantitative estimate of drug-likeness (QED) is 0.635. The highest BCUT2D eigenvalue weighted by atomic mass is 32.2. The third-order valence-electron chi connectivity index (χ3n) is 3.59. The van der Waals surface area contributed by atoms with Crippen LogP contribution in [0.15, 0.2) is 53.8 Å². The Morgan fingerprint density at radius 2 is 2.04 bits per heavy atom. The Labute approximate surface area is 150 Å². The fourth-order valence-corrected chi connectivity index (χ4v) is 3.55. The van der Waals surface area contributed by atoms with Crippen LogP contribution in [0, 0.1) is 6.92 Å². The summed E-state index contributed by atoms with van der Waals surface area (Å²) >= 11 is 0. The average molecular weight is 374 g/mol. The maximum absolute atomic E-state index is 12.2. The highest BCUT2D eigenvalue weighted by molar-refractivity contribution is 7.88. The number of aryl methyl sites for hydroxylation is 1. The second kappa shape index (κ2) is 7.58. The Hall–Kier alpha value is -2.85. The minimum atomic E-state index is -3.51. The monoisotopic (exact) mass is 374 g/mol. The molecule has 0 atom stereocenters. The van der Waals surface area contributed by atoms with Gasteiger partial charge < -0.3 is 0 Å². The molecule has 2 heterocycles. The molecule has 0 aliphatic carbocycles. The van der Waals surface area contributed by atoms with Crippen LogP contribution >= 0.6 is 0 Å². The van der Waals surface area contributed by atoms with Crippen LogP contribution in [0.4, 0.5) is 0 Å². The molecule has 0 saturated heterocycles. The van der Waals surface area contributed by atoms with Crippen molar-refractivity contribution < 1.29 is 8.42 Å². The minimum Gasteiger partial charge on any atom is -0.268 e. The van der Waals surface area contributed by atoms with Gasteiger partial charge in [-0.1, -0.05) is 29.8 Å². The van der Waals surface area contributed by atoms with Crippen molar-refractivity contribution in [2.75, 3.05) is 6.54 Å². The minimum absolute atomic E-state index is 0.0574. The highest BCUT2D eigenvalue weighted by Crippen LogP contribution is 2.07. The first-order valence-corrected chi connectivity index (χ1v) is 9.54. The number of aromatic nitrogens is 5. The first-order chi connectivity index (χ1) is 12.4. The summed E-state index contributed by atoms with van der Waals surface area (Å²) in [5, 5.41) is 8.11. The van der Waals surface area contributed by atoms with E-state index in [0.29, 0.717) is 11.4 Å². The van der Waals surface area contributed by atoms with Crippen molar-refractivity contribution in [3.8, 4) is 5.82 Å². The molecular formula is C16H18N6O3S. The second-order valence-corrected chi connectivity index (χ2v) is 7.54. The van der Waals surface area contributed by atoms with Gasteiger partial charge in [0.1, 0.15) is 12.7 Å². The molecule has 1 N–H and O–H groups in total. The highest BCUT2D eigenvalue weighted by Gasteiger charge is 2.12. The largest absolute Gasteiger partial charge is 0.268 e. The van der Waals surface area contributed by atoms with E-state index in [1.165, 1.54) is 34.2 Å². The predicted molar refractivity (Wildman–Crippen MR) is 95.2 cm³/mol. The zero-order chi connectivity index (χ0) is 18.6. The van der Waals surface area contributed by atoms with Crippen LogP contribution in [0.5, 0.6) is 0 Å². The number of hydrogen-bond donors (Lipinski definition) is 1. The molecule has 10 heteroatoms. The second-order valence-electron chi connectivity index (χ2n) is 5.74. The molecule has 0 bridgehead atoms. The molecule has 9 nitrogen and oxygen atoms in total. The van der Waals surface area contributed by atoms with Crippen molar-refractivity contribution in [1.29, 1.82) is 0 Å². The van der Waals surface area contributed by atoms with Crippen LogP contribution in [0.2, 0.25) is 0 Å². The summed E-state index contributed by atoms with van der Waals surface area (Å²) < 4.78 is 29.5. The molecule has 3 rings (SSSR count). The summed E-state index contributed by atoms with van der Waals surface area (Å²) in [6, 6.07) is 10.2. The SMILES string of the molecule is Cc1cccc(CS(=O)(=O)NCCn2nc(-n3cncn3)ccc2=O)c1. The van der Waals surface area contributed by atoms with Crippen LogP contribution in [0.1, 0.15) is 11.1 Å². The maximum Gasteiger partial charge on any atom is 0.266 e. The van der Waals surface area contributed by atoms with E-state index >= 15 is 0 Å². The Kier molecular flexibility index (Phi) is 5.24. The van der Waals surface area contributed by atoms with E-state index in [9.17, 15) is 13.2 Å². The Bertz CT molecular complexity index is 1040. The van der Waals surface area contributed by atoms with Crippen LogP contribution in [-0.4, -0.2) is 39.5 Å². The third-order valence-corrected chi connectivity index (χ3v) is 4.95. The summed E-state index contributed by atoms with van der Waals surface area (Å²) in [6.45, 7) is 2.07. The molecule has 2 aromatic heterocycles. The van der Waals surface area contributed by atoms with Crippen molar-refractivity contribution in [2.24, 2.45) is 0 Å². The average Bonchev–Trinajstić information content (AvgIpc) is 3.10. The molecule has 1 aromatic carbocycles. The van der Waals surface area contributed by atoms with Gasteiger partial charge >= 0.3 is 0 Å². The summed E-state index contributed by atoms with van der Waals surface area (Å²) in [5.41, 5.74) is 1.38. The zero-order valence-electron chi connectivity index (χ0n) is 14.1. The number of sulfonamides is 1. The standard InChI is InChI=1S/C16H18N6O3S/c1-13-3-2-4-14(9-13)10-26(24,25)19-7-8-21-16(23)6-5-15(20-21)22-12-17-11-18-22/h2-6,9,11-12,19H,7-8,10H2,1H3. The van der Waals surface area contributed by atoms with Crippen LogP contribution in [-0.2, 0) is 22.3 Å². The number of hydrogen-bond acceptors (Lipinski definition) is 6. The van der Waals surface area contributed by atoms with E-state index in [1.807, 2.05) is 25.1 Å². The van der Waals surface area contributed by atoms with Crippen molar-refractivity contribution in [3.63, 3.8) is 0 Å². The molecule has 0 spiro atoms. The van der Waals surface area contributed by atoms with Gasteiger partial charge in [0, 0.05) is 12.6 Å². The predicted octanol–water partition coefficient (Wildman–Crippen LogP) is 0.252. The summed E-state index contributed by atoms with van der Waals surface area (Å²) in [5.74, 6) is 0.306. The molecule has 136 valence electrons. The van der Waals surface area contributed by atoms with Crippen molar-refractivity contribution in [3.05, 3.63) is 70.5 Å². The van der Waals surface area contributed by atoms with Gasteiger partial charge in [-0.05, 0) is 18.6 Å². The van der Waals surface area contributed by atoms with Gasteiger partial charge in [0.25, 0.3) is 5.56 Å². The first-order valence-electron chi connectivity index (χ1n) is 7.89. The molecule has 0 aliphatic heterocycles. The van der Waals surface area contributed by atoms with Gasteiger partial charge in [0.15, 0.2) is 5.82 Å².